The monoisotopic (exact) mass is 417 g/mol. The molecular weight excluding hydrogens is 382 g/mol. The van der Waals surface area contributed by atoms with Gasteiger partial charge in [-0.15, -0.1) is 0 Å². The molecule has 1 N–H and O–H groups in total. The maximum Gasteiger partial charge on any atom is 0.121 e. The lowest BCUT2D eigenvalue weighted by Crippen LogP contribution is -2.30. The molecule has 3 aromatic rings. The van der Waals surface area contributed by atoms with Crippen molar-refractivity contribution in [2.24, 2.45) is 0 Å². The van der Waals surface area contributed by atoms with Crippen molar-refractivity contribution in [1.29, 1.82) is 0 Å². The molecule has 1 saturated heterocycles. The van der Waals surface area contributed by atoms with Crippen molar-refractivity contribution >= 4 is 11.0 Å². The molecule has 1 aromatic carbocycles. The number of nitrogens with zero attached hydrogens (tertiary/aromatic N) is 4. The van der Waals surface area contributed by atoms with Gasteiger partial charge >= 0.3 is 0 Å². The van der Waals surface area contributed by atoms with Gasteiger partial charge < -0.3 is 9.88 Å². The average Bonchev–Trinajstić information content (AvgIpc) is 3.22. The third-order valence-electron chi connectivity index (χ3n) is 7.11. The maximum atomic E-state index is 5.04. The number of hydrogen-bond donors (Lipinski definition) is 1. The molecular formula is C26H35N5. The Hall–Kier alpha value is -2.24. The summed E-state index contributed by atoms with van der Waals surface area (Å²) in [5.74, 6) is 1.06. The predicted octanol–water partition coefficient (Wildman–Crippen LogP) is 4.89. The van der Waals surface area contributed by atoms with Crippen LogP contribution in [-0.4, -0.2) is 51.4 Å². The highest BCUT2D eigenvalue weighted by Gasteiger charge is 2.25. The van der Waals surface area contributed by atoms with Crippen LogP contribution in [0.1, 0.15) is 67.2 Å². The van der Waals surface area contributed by atoms with E-state index in [4.69, 9.17) is 9.97 Å². The number of aryl methyl sites for hydroxylation is 2. The van der Waals surface area contributed by atoms with Crippen LogP contribution in [-0.2, 0) is 19.4 Å². The van der Waals surface area contributed by atoms with Crippen LogP contribution in [0, 0.1) is 0 Å². The van der Waals surface area contributed by atoms with Gasteiger partial charge in [0, 0.05) is 6.20 Å². The van der Waals surface area contributed by atoms with Crippen LogP contribution in [0.2, 0.25) is 0 Å². The third kappa shape index (κ3) is 4.68. The largest absolute Gasteiger partial charge is 0.341 e. The summed E-state index contributed by atoms with van der Waals surface area (Å²) in [6.07, 6.45) is 11.9. The molecule has 0 spiro atoms. The Morgan fingerprint density at radius 2 is 2.00 bits per heavy atom. The molecule has 1 aliphatic carbocycles. The van der Waals surface area contributed by atoms with E-state index >= 15 is 0 Å². The third-order valence-corrected chi connectivity index (χ3v) is 7.11. The topological polar surface area (TPSA) is 48.1 Å². The SMILES string of the molecule is CN(Cc1nc2c(CCCN3CCCCC3)cccc2[nH]1)C1CCCc2cccnc21. The van der Waals surface area contributed by atoms with E-state index in [0.717, 1.165) is 30.7 Å². The van der Waals surface area contributed by atoms with Crippen LogP contribution in [0.25, 0.3) is 11.0 Å². The zero-order chi connectivity index (χ0) is 21.0. The van der Waals surface area contributed by atoms with Crippen LogP contribution < -0.4 is 0 Å². The number of aromatic amines is 1. The molecule has 3 heterocycles. The van der Waals surface area contributed by atoms with Gasteiger partial charge in [0.1, 0.15) is 5.82 Å². The number of para-hydroxylation sites is 1. The molecule has 0 saturated carbocycles. The Bertz CT molecular complexity index is 1000. The fourth-order valence-electron chi connectivity index (χ4n) is 5.46. The van der Waals surface area contributed by atoms with E-state index < -0.39 is 0 Å². The van der Waals surface area contributed by atoms with Crippen molar-refractivity contribution in [3.63, 3.8) is 0 Å². The number of nitrogens with one attached hydrogen (secondary N) is 1. The summed E-state index contributed by atoms with van der Waals surface area (Å²) in [4.78, 5) is 18.4. The molecule has 5 heteroatoms. The molecule has 164 valence electrons. The average molecular weight is 418 g/mol. The van der Waals surface area contributed by atoms with Gasteiger partial charge in [-0.3, -0.25) is 9.88 Å². The van der Waals surface area contributed by atoms with Crippen molar-refractivity contribution in [1.82, 2.24) is 24.8 Å². The Morgan fingerprint density at radius 3 is 2.90 bits per heavy atom. The number of likely N-dealkylation sites (tertiary alicyclic amines) is 1. The summed E-state index contributed by atoms with van der Waals surface area (Å²) in [7, 11) is 2.21. The van der Waals surface area contributed by atoms with Gasteiger partial charge in [0.25, 0.3) is 0 Å². The Labute approximate surface area is 185 Å². The number of rotatable bonds is 7. The normalized spacial score (nSPS) is 19.7. The van der Waals surface area contributed by atoms with Crippen LogP contribution in [0.5, 0.6) is 0 Å². The Morgan fingerprint density at radius 1 is 1.10 bits per heavy atom. The quantitative estimate of drug-likeness (QED) is 0.595. The van der Waals surface area contributed by atoms with Gasteiger partial charge in [-0.1, -0.05) is 24.6 Å². The standard InChI is InChI=1S/C26H35N5/c1-30(23-14-6-10-21-11-7-15-27-26(21)23)19-24-28-22-13-5-9-20(25(22)29-24)12-8-18-31-16-3-2-4-17-31/h5,7,9,11,13,15,23H,2-4,6,8,10,12,14,16-19H2,1H3,(H,28,29). The van der Waals surface area contributed by atoms with Crippen LogP contribution in [0.4, 0.5) is 0 Å². The molecule has 5 nitrogen and oxygen atoms in total. The van der Waals surface area contributed by atoms with E-state index in [1.165, 1.54) is 80.5 Å². The van der Waals surface area contributed by atoms with E-state index in [2.05, 4.69) is 52.2 Å². The van der Waals surface area contributed by atoms with E-state index in [1.54, 1.807) is 0 Å². The van der Waals surface area contributed by atoms with E-state index in [1.807, 2.05) is 6.20 Å². The van der Waals surface area contributed by atoms with Gasteiger partial charge in [0.05, 0.1) is 29.3 Å². The summed E-state index contributed by atoms with van der Waals surface area (Å²) >= 11 is 0. The van der Waals surface area contributed by atoms with Gasteiger partial charge in [-0.2, -0.15) is 0 Å². The van der Waals surface area contributed by atoms with Crippen molar-refractivity contribution in [2.45, 2.75) is 64.0 Å². The highest BCUT2D eigenvalue weighted by molar-refractivity contribution is 5.78. The van der Waals surface area contributed by atoms with Crippen LogP contribution in [0.3, 0.4) is 0 Å². The first-order valence-corrected chi connectivity index (χ1v) is 12.1. The van der Waals surface area contributed by atoms with Crippen LogP contribution >= 0.6 is 0 Å². The van der Waals surface area contributed by atoms with E-state index in [9.17, 15) is 0 Å². The molecule has 5 rings (SSSR count). The molecule has 0 bridgehead atoms. The van der Waals surface area contributed by atoms with Gasteiger partial charge in [-0.05, 0) is 94.9 Å². The predicted molar refractivity (Wildman–Crippen MR) is 126 cm³/mol. The first kappa shape index (κ1) is 20.7. The van der Waals surface area contributed by atoms with Gasteiger partial charge in [0.15, 0.2) is 0 Å². The zero-order valence-corrected chi connectivity index (χ0v) is 18.8. The van der Waals surface area contributed by atoms with Crippen LogP contribution in [0.15, 0.2) is 36.5 Å². The molecule has 1 unspecified atom stereocenters. The summed E-state index contributed by atoms with van der Waals surface area (Å²) in [6, 6.07) is 11.3. The summed E-state index contributed by atoms with van der Waals surface area (Å²) in [6.45, 7) is 4.59. The van der Waals surface area contributed by atoms with E-state index in [0.29, 0.717) is 6.04 Å². The first-order valence-electron chi connectivity index (χ1n) is 12.1. The fraction of sp³-hybridized carbons (Fsp3) is 0.538. The van der Waals surface area contributed by atoms with Crippen molar-refractivity contribution in [2.75, 3.05) is 26.7 Å². The smallest absolute Gasteiger partial charge is 0.121 e. The van der Waals surface area contributed by atoms with Crippen molar-refractivity contribution < 1.29 is 0 Å². The molecule has 2 aliphatic rings. The van der Waals surface area contributed by atoms with E-state index in [-0.39, 0.29) is 0 Å². The lowest BCUT2D eigenvalue weighted by atomic mass is 9.91. The maximum absolute atomic E-state index is 5.04. The van der Waals surface area contributed by atoms with Crippen molar-refractivity contribution in [3.8, 4) is 0 Å². The second kappa shape index (κ2) is 9.49. The molecule has 31 heavy (non-hydrogen) atoms. The number of piperidine rings is 1. The fourth-order valence-corrected chi connectivity index (χ4v) is 5.46. The van der Waals surface area contributed by atoms with Gasteiger partial charge in [-0.25, -0.2) is 4.98 Å². The summed E-state index contributed by atoms with van der Waals surface area (Å²) in [5.41, 5.74) is 6.37. The Kier molecular flexibility index (Phi) is 6.32. The zero-order valence-electron chi connectivity index (χ0n) is 18.8. The molecule has 1 fully saturated rings. The minimum Gasteiger partial charge on any atom is -0.341 e. The number of H-pyrrole nitrogens is 1. The highest BCUT2D eigenvalue weighted by atomic mass is 15.2. The Balaban J connectivity index is 1.26. The number of benzene rings is 1. The summed E-state index contributed by atoms with van der Waals surface area (Å²) in [5, 5.41) is 0. The number of pyridine rings is 1. The molecule has 2 aromatic heterocycles. The first-order chi connectivity index (χ1) is 15.3. The van der Waals surface area contributed by atoms with Crippen molar-refractivity contribution in [3.05, 3.63) is 59.2 Å². The highest BCUT2D eigenvalue weighted by Crippen LogP contribution is 2.32. The second-order valence-corrected chi connectivity index (χ2v) is 9.37. The van der Waals surface area contributed by atoms with Gasteiger partial charge in [0.2, 0.25) is 0 Å². The molecule has 0 amide bonds. The second-order valence-electron chi connectivity index (χ2n) is 9.37. The molecule has 1 atom stereocenters. The number of hydrogen-bond acceptors (Lipinski definition) is 4. The molecule has 0 radical (unpaired) electrons. The minimum atomic E-state index is 0.377. The summed E-state index contributed by atoms with van der Waals surface area (Å²) < 4.78 is 0. The lowest BCUT2D eigenvalue weighted by molar-refractivity contribution is 0.204. The number of aromatic nitrogens is 3. The number of fused-ring (bicyclic) bond motifs is 2. The molecule has 1 aliphatic heterocycles. The number of imidazole rings is 1. The lowest BCUT2D eigenvalue weighted by Gasteiger charge is -2.31. The minimum absolute atomic E-state index is 0.377.